The van der Waals surface area contributed by atoms with Crippen LogP contribution in [-0.2, 0) is 4.43 Å². The van der Waals surface area contributed by atoms with E-state index in [0.717, 1.165) is 6.42 Å². The van der Waals surface area contributed by atoms with Gasteiger partial charge < -0.3 is 4.43 Å². The quantitative estimate of drug-likeness (QED) is 0.199. The van der Waals surface area contributed by atoms with Crippen LogP contribution in [0.3, 0.4) is 0 Å². The minimum atomic E-state index is -2.94. The van der Waals surface area contributed by atoms with E-state index < -0.39 is 8.32 Å². The Kier molecular flexibility index (Phi) is 5.69. The lowest BCUT2D eigenvalue weighted by atomic mass is 10.1. The predicted molar refractivity (Wildman–Crippen MR) is 153 cm³/mol. The molecule has 6 aromatic carbocycles. The third-order valence-electron chi connectivity index (χ3n) is 7.03. The summed E-state index contributed by atoms with van der Waals surface area (Å²) in [7, 11) is -2.94. The summed E-state index contributed by atoms with van der Waals surface area (Å²) < 4.78 is 7.30. The maximum absolute atomic E-state index is 7.30. The van der Waals surface area contributed by atoms with E-state index in [1.807, 2.05) is 0 Å². The fraction of sp³-hybridized carbons (Fsp3) is 0.0909. The lowest BCUT2D eigenvalue weighted by Gasteiger charge is -2.35. The van der Waals surface area contributed by atoms with Gasteiger partial charge in [-0.15, -0.1) is 0 Å². The van der Waals surface area contributed by atoms with Gasteiger partial charge in [-0.1, -0.05) is 134 Å². The van der Waals surface area contributed by atoms with Crippen molar-refractivity contribution in [1.82, 2.24) is 0 Å². The van der Waals surface area contributed by atoms with E-state index in [1.165, 1.54) is 47.9 Å². The first-order valence-corrected chi connectivity index (χ1v) is 14.3. The monoisotopic (exact) mass is 468 g/mol. The average molecular weight is 469 g/mol. The number of hydrogen-bond acceptors (Lipinski definition) is 1. The van der Waals surface area contributed by atoms with Gasteiger partial charge in [0.15, 0.2) is 0 Å². The minimum absolute atomic E-state index is 0.710. The summed E-state index contributed by atoms with van der Waals surface area (Å²) in [6, 6.07) is 46.4. The molecule has 0 saturated heterocycles. The van der Waals surface area contributed by atoms with Crippen molar-refractivity contribution in [3.05, 3.63) is 127 Å². The van der Waals surface area contributed by atoms with E-state index in [4.69, 9.17) is 4.43 Å². The van der Waals surface area contributed by atoms with Crippen LogP contribution in [-0.4, -0.2) is 14.9 Å². The Morgan fingerprint density at radius 1 is 0.457 bits per heavy atom. The molecule has 0 atom stereocenters. The summed E-state index contributed by atoms with van der Waals surface area (Å²) in [4.78, 5) is 0. The van der Waals surface area contributed by atoms with Gasteiger partial charge in [-0.2, -0.15) is 0 Å². The maximum atomic E-state index is 7.30. The second kappa shape index (κ2) is 9.14. The van der Waals surface area contributed by atoms with E-state index >= 15 is 0 Å². The molecule has 0 N–H and O–H groups in total. The summed E-state index contributed by atoms with van der Waals surface area (Å²) in [5.74, 6) is 0. The third-order valence-corrected chi connectivity index (χ3v) is 11.3. The minimum Gasteiger partial charge on any atom is -0.404 e. The Hall–Kier alpha value is -3.72. The topological polar surface area (TPSA) is 9.23 Å². The van der Waals surface area contributed by atoms with Crippen molar-refractivity contribution >= 4 is 56.2 Å². The molecule has 0 bridgehead atoms. The SMILES string of the molecule is CCCO[Si](c1cccc2ccccc12)(c1cccc2ccccc12)c1cccc2ccccc12. The Balaban J connectivity index is 1.83. The van der Waals surface area contributed by atoms with Crippen LogP contribution in [0.25, 0.3) is 32.3 Å². The van der Waals surface area contributed by atoms with Gasteiger partial charge in [0.25, 0.3) is 8.32 Å². The van der Waals surface area contributed by atoms with Crippen LogP contribution < -0.4 is 15.6 Å². The number of benzene rings is 6. The highest BCUT2D eigenvalue weighted by atomic mass is 28.4. The van der Waals surface area contributed by atoms with Crippen molar-refractivity contribution in [2.75, 3.05) is 6.61 Å². The Morgan fingerprint density at radius 2 is 0.800 bits per heavy atom. The van der Waals surface area contributed by atoms with Crippen LogP contribution in [0.4, 0.5) is 0 Å². The van der Waals surface area contributed by atoms with Crippen molar-refractivity contribution < 1.29 is 4.43 Å². The Bertz CT molecular complexity index is 1450. The molecule has 0 heterocycles. The lowest BCUT2D eigenvalue weighted by molar-refractivity contribution is 0.324. The van der Waals surface area contributed by atoms with Gasteiger partial charge in [0, 0.05) is 6.61 Å². The van der Waals surface area contributed by atoms with Crippen LogP contribution in [0.5, 0.6) is 0 Å². The lowest BCUT2D eigenvalue weighted by Crippen LogP contribution is -2.70. The second-order valence-electron chi connectivity index (χ2n) is 9.11. The molecule has 0 aromatic heterocycles. The Morgan fingerprint density at radius 3 is 1.17 bits per heavy atom. The van der Waals surface area contributed by atoms with Gasteiger partial charge in [-0.3, -0.25) is 0 Å². The summed E-state index contributed by atoms with van der Waals surface area (Å²) in [6.45, 7) is 2.91. The molecular weight excluding hydrogens is 440 g/mol. The smallest absolute Gasteiger partial charge is 0.290 e. The molecule has 0 fully saturated rings. The molecule has 170 valence electrons. The van der Waals surface area contributed by atoms with Crippen LogP contribution in [0.15, 0.2) is 127 Å². The summed E-state index contributed by atoms with van der Waals surface area (Å²) in [5, 5.41) is 11.5. The highest BCUT2D eigenvalue weighted by Gasteiger charge is 2.45. The van der Waals surface area contributed by atoms with Gasteiger partial charge in [0.05, 0.1) is 0 Å². The van der Waals surface area contributed by atoms with Crippen LogP contribution in [0, 0.1) is 0 Å². The van der Waals surface area contributed by atoms with E-state index in [2.05, 4.69) is 134 Å². The van der Waals surface area contributed by atoms with Crippen LogP contribution >= 0.6 is 0 Å². The van der Waals surface area contributed by atoms with Gasteiger partial charge in [-0.25, -0.2) is 0 Å². The fourth-order valence-corrected chi connectivity index (χ4v) is 10.2. The molecule has 0 aliphatic rings. The molecule has 2 heteroatoms. The highest BCUT2D eigenvalue weighted by molar-refractivity contribution is 7.10. The molecule has 0 spiro atoms. The first-order chi connectivity index (χ1) is 17.3. The van der Waals surface area contributed by atoms with Crippen molar-refractivity contribution in [1.29, 1.82) is 0 Å². The predicted octanol–water partition coefficient (Wildman–Crippen LogP) is 6.54. The number of hydrogen-bond donors (Lipinski definition) is 0. The Labute approximate surface area is 207 Å². The first-order valence-electron chi connectivity index (χ1n) is 12.4. The molecule has 0 amide bonds. The molecule has 6 aromatic rings. The summed E-state index contributed by atoms with van der Waals surface area (Å²) >= 11 is 0. The van der Waals surface area contributed by atoms with Crippen molar-refractivity contribution in [3.63, 3.8) is 0 Å². The zero-order valence-corrected chi connectivity index (χ0v) is 20.9. The van der Waals surface area contributed by atoms with Crippen LogP contribution in [0.1, 0.15) is 13.3 Å². The average Bonchev–Trinajstić information content (AvgIpc) is 2.93. The van der Waals surface area contributed by atoms with E-state index in [0.29, 0.717) is 6.61 Å². The maximum Gasteiger partial charge on any atom is 0.290 e. The molecule has 0 unspecified atom stereocenters. The van der Waals surface area contributed by atoms with Gasteiger partial charge in [0.1, 0.15) is 0 Å². The molecule has 0 saturated carbocycles. The van der Waals surface area contributed by atoms with Crippen molar-refractivity contribution in [3.8, 4) is 0 Å². The molecule has 6 rings (SSSR count). The van der Waals surface area contributed by atoms with E-state index in [9.17, 15) is 0 Å². The zero-order chi connectivity index (χ0) is 23.7. The number of rotatable bonds is 6. The van der Waals surface area contributed by atoms with Crippen molar-refractivity contribution in [2.24, 2.45) is 0 Å². The molecule has 0 aliphatic carbocycles. The van der Waals surface area contributed by atoms with Gasteiger partial charge >= 0.3 is 0 Å². The zero-order valence-electron chi connectivity index (χ0n) is 19.9. The first kappa shape index (κ1) is 21.8. The number of fused-ring (bicyclic) bond motifs is 3. The van der Waals surface area contributed by atoms with E-state index in [-0.39, 0.29) is 0 Å². The fourth-order valence-electron chi connectivity index (χ4n) is 5.52. The molecule has 1 nitrogen and oxygen atoms in total. The molecular formula is C33H28OSi. The van der Waals surface area contributed by atoms with Gasteiger partial charge in [-0.05, 0) is 54.3 Å². The van der Waals surface area contributed by atoms with Crippen molar-refractivity contribution in [2.45, 2.75) is 13.3 Å². The summed E-state index contributed by atoms with van der Waals surface area (Å²) in [6.07, 6.45) is 0.967. The normalized spacial score (nSPS) is 11.9. The van der Waals surface area contributed by atoms with Crippen LogP contribution in [0.2, 0.25) is 0 Å². The molecule has 0 radical (unpaired) electrons. The second-order valence-corrected chi connectivity index (χ2v) is 12.4. The summed E-state index contributed by atoms with van der Waals surface area (Å²) in [5.41, 5.74) is 0. The molecule has 0 aliphatic heterocycles. The highest BCUT2D eigenvalue weighted by Crippen LogP contribution is 2.24. The third kappa shape index (κ3) is 3.58. The van der Waals surface area contributed by atoms with E-state index in [1.54, 1.807) is 0 Å². The largest absolute Gasteiger partial charge is 0.404 e. The van der Waals surface area contributed by atoms with Gasteiger partial charge in [0.2, 0.25) is 0 Å². The standard InChI is InChI=1S/C33H28OSi/c1-2-24-34-35(31-21-9-15-25-12-3-6-18-28(25)31,32-22-10-16-26-13-4-7-19-29(26)32)33-23-11-17-27-14-5-8-20-30(27)33/h3-23H,2,24H2,1H3. The molecule has 35 heavy (non-hydrogen) atoms.